The third-order valence-corrected chi connectivity index (χ3v) is 4.29. The quantitative estimate of drug-likeness (QED) is 0.243. The molecule has 1 rings (SSSR count). The van der Waals surface area contributed by atoms with E-state index in [1.54, 1.807) is 18.2 Å². The van der Waals surface area contributed by atoms with E-state index in [0.29, 0.717) is 0 Å². The van der Waals surface area contributed by atoms with E-state index in [1.807, 2.05) is 0 Å². The molecule has 0 fully saturated rings. The number of allylic oxidation sites excluding steroid dienone is 1. The van der Waals surface area contributed by atoms with Crippen LogP contribution in [0.4, 0.5) is 65.9 Å². The van der Waals surface area contributed by atoms with E-state index in [1.165, 1.54) is 12.1 Å². The van der Waals surface area contributed by atoms with Crippen molar-refractivity contribution in [3.63, 3.8) is 0 Å². The van der Waals surface area contributed by atoms with Crippen LogP contribution in [-0.2, 0) is 10.1 Å². The minimum absolute atomic E-state index is 0. The zero-order chi connectivity index (χ0) is 27.8. The van der Waals surface area contributed by atoms with Gasteiger partial charge in [-0.2, -0.15) is 65.5 Å². The number of halogens is 15. The summed E-state index contributed by atoms with van der Waals surface area (Å²) in [6.45, 7) is 0. The van der Waals surface area contributed by atoms with Gasteiger partial charge in [0.25, 0.3) is 10.1 Å². The van der Waals surface area contributed by atoms with Gasteiger partial charge in [-0.3, -0.25) is 4.55 Å². The van der Waals surface area contributed by atoms with Crippen molar-refractivity contribution in [2.75, 3.05) is 0 Å². The van der Waals surface area contributed by atoms with E-state index in [4.69, 9.17) is 4.55 Å². The van der Waals surface area contributed by atoms with Crippen molar-refractivity contribution in [2.45, 2.75) is 40.7 Å². The van der Waals surface area contributed by atoms with Crippen molar-refractivity contribution in [3.05, 3.63) is 42.2 Å². The van der Waals surface area contributed by atoms with E-state index in [2.05, 4.69) is 0 Å². The molecule has 0 unspecified atom stereocenters. The van der Waals surface area contributed by atoms with Gasteiger partial charge in [-0.15, -0.1) is 0 Å². The molecular weight excluding hydrogens is 572 g/mol. The number of hydrogen-bond acceptors (Lipinski definition) is 3. The molecule has 35 heavy (non-hydrogen) atoms. The minimum atomic E-state index is -8.28. The van der Waals surface area contributed by atoms with Crippen LogP contribution in [0.25, 0.3) is 0 Å². The molecule has 0 saturated carbocycles. The van der Waals surface area contributed by atoms with E-state index in [9.17, 15) is 79.4 Å². The fraction of sp³-hybridized carbons (Fsp3) is 0.429. The van der Waals surface area contributed by atoms with Crippen molar-refractivity contribution in [3.8, 4) is 0 Å². The van der Waals surface area contributed by atoms with Crippen LogP contribution in [0.1, 0.15) is 0 Å². The van der Waals surface area contributed by atoms with Gasteiger partial charge in [0.05, 0.1) is 10.9 Å². The first-order chi connectivity index (χ1) is 14.7. The van der Waals surface area contributed by atoms with Crippen molar-refractivity contribution >= 4 is 10.1 Å². The molecule has 1 aromatic rings. The predicted octanol–water partition coefficient (Wildman–Crippen LogP) is 2.13. The third-order valence-electron chi connectivity index (χ3n) is 3.42. The molecule has 0 aliphatic carbocycles. The van der Waals surface area contributed by atoms with Gasteiger partial charge in [-0.25, -0.2) is 8.78 Å². The molecule has 0 aliphatic rings. The van der Waals surface area contributed by atoms with Crippen LogP contribution in [0, 0.1) is 0 Å². The van der Waals surface area contributed by atoms with Crippen LogP contribution in [0.3, 0.4) is 0 Å². The maximum absolute atomic E-state index is 12.8. The normalized spacial score (nSPS) is 14.9. The molecule has 0 saturated heterocycles. The summed E-state index contributed by atoms with van der Waals surface area (Å²) in [6.07, 6.45) is -7.62. The Balaban J connectivity index is 0. The first-order valence-corrected chi connectivity index (χ1v) is 8.86. The zero-order valence-corrected chi connectivity index (χ0v) is 19.0. The topological polar surface area (TPSA) is 77.4 Å². The second-order valence-corrected chi connectivity index (χ2v) is 7.17. The summed E-state index contributed by atoms with van der Waals surface area (Å²) >= 11 is 0. The Morgan fingerprint density at radius 3 is 1.29 bits per heavy atom. The molecule has 4 nitrogen and oxygen atoms in total. The van der Waals surface area contributed by atoms with Crippen LogP contribution >= 0.6 is 0 Å². The minimum Gasteiger partial charge on any atom is -0.849 e. The summed E-state index contributed by atoms with van der Waals surface area (Å²) in [5.74, 6) is -44.7. The van der Waals surface area contributed by atoms with Crippen LogP contribution in [0.5, 0.6) is 0 Å². The third kappa shape index (κ3) is 6.69. The molecule has 0 amide bonds. The van der Waals surface area contributed by atoms with E-state index < -0.39 is 57.7 Å². The average Bonchev–Trinajstić information content (AvgIpc) is 2.66. The summed E-state index contributed by atoms with van der Waals surface area (Å²) in [5.41, 5.74) is 0. The summed E-state index contributed by atoms with van der Waals surface area (Å²) < 4.78 is 214. The number of alkyl halides is 13. The standard InChI is InChI=1S/C8HF15O.C6H6O3S.Na/c9-1(2(10)24)3(11,12)4(13,14)5(15,16)6(17,18)7(19,20)8(21,22)23;7-10(8,9)6-4-2-1-3-5-6;/h24H;1-5H,(H,7,8,9);/q;;+1/p-1. The van der Waals surface area contributed by atoms with E-state index in [0.717, 1.165) is 0 Å². The molecular formula is C14H6F15NaO4S. The van der Waals surface area contributed by atoms with Gasteiger partial charge < -0.3 is 5.11 Å². The molecule has 0 heterocycles. The van der Waals surface area contributed by atoms with Gasteiger partial charge in [0.1, 0.15) is 0 Å². The Labute approximate surface area is 206 Å². The maximum Gasteiger partial charge on any atom is 1.00 e. The summed E-state index contributed by atoms with van der Waals surface area (Å²) in [7, 11) is -4.00. The van der Waals surface area contributed by atoms with Crippen molar-refractivity contribution in [1.29, 1.82) is 0 Å². The van der Waals surface area contributed by atoms with Gasteiger partial charge in [-0.05, 0) is 12.1 Å². The summed E-state index contributed by atoms with van der Waals surface area (Å²) in [6, 6.07) is 3.24. The predicted molar refractivity (Wildman–Crippen MR) is 76.3 cm³/mol. The monoisotopic (exact) mass is 578 g/mol. The molecule has 21 heteroatoms. The van der Waals surface area contributed by atoms with Crippen LogP contribution < -0.4 is 34.7 Å². The Morgan fingerprint density at radius 2 is 1.03 bits per heavy atom. The van der Waals surface area contributed by atoms with Gasteiger partial charge >= 0.3 is 65.3 Å². The second-order valence-electron chi connectivity index (χ2n) is 5.75. The first-order valence-electron chi connectivity index (χ1n) is 7.42. The largest absolute Gasteiger partial charge is 1.00 e. The van der Waals surface area contributed by atoms with Gasteiger partial charge in [0, 0.05) is 0 Å². The molecule has 198 valence electrons. The molecule has 0 spiro atoms. The number of hydrogen-bond donors (Lipinski definition) is 1. The van der Waals surface area contributed by atoms with Crippen molar-refractivity contribution in [1.82, 2.24) is 0 Å². The Hall–Kier alpha value is -1.38. The van der Waals surface area contributed by atoms with Crippen LogP contribution in [0.2, 0.25) is 0 Å². The Morgan fingerprint density at radius 1 is 0.686 bits per heavy atom. The molecule has 1 N–H and O–H groups in total. The van der Waals surface area contributed by atoms with E-state index in [-0.39, 0.29) is 34.5 Å². The molecule has 1 aromatic carbocycles. The van der Waals surface area contributed by atoms with Gasteiger partial charge in [0.15, 0.2) is 5.83 Å². The van der Waals surface area contributed by atoms with Crippen molar-refractivity contribution < 1.29 is 113 Å². The molecule has 0 aliphatic heterocycles. The van der Waals surface area contributed by atoms with Gasteiger partial charge in [-0.1, -0.05) is 18.2 Å². The van der Waals surface area contributed by atoms with Crippen LogP contribution in [0.15, 0.2) is 47.1 Å². The molecule has 0 bridgehead atoms. The second kappa shape index (κ2) is 10.9. The Kier molecular flexibility index (Phi) is 11.2. The molecule has 0 atom stereocenters. The van der Waals surface area contributed by atoms with Crippen LogP contribution in [-0.4, -0.2) is 48.8 Å². The van der Waals surface area contributed by atoms with Crippen molar-refractivity contribution in [2.24, 2.45) is 0 Å². The first kappa shape index (κ1) is 35.8. The number of benzene rings is 1. The SMILES string of the molecule is O=S(=O)(O)c1ccccc1.[Na+].[O-]C(F)=C(F)C(F)(F)C(F)(F)C(F)(F)C(F)(F)C(F)(F)C(F)(F)F. The fourth-order valence-electron chi connectivity index (χ4n) is 1.62. The molecule has 0 aromatic heterocycles. The summed E-state index contributed by atoms with van der Waals surface area (Å²) in [5, 5.41) is 9.52. The fourth-order valence-corrected chi connectivity index (χ4v) is 2.12. The summed E-state index contributed by atoms with van der Waals surface area (Å²) in [4.78, 5) is -0.0741. The Bertz CT molecular complexity index is 987. The van der Waals surface area contributed by atoms with E-state index >= 15 is 0 Å². The molecule has 0 radical (unpaired) electrons. The zero-order valence-electron chi connectivity index (χ0n) is 16.1. The average molecular weight is 578 g/mol. The number of rotatable bonds is 6. The smallest absolute Gasteiger partial charge is 0.849 e. The maximum atomic E-state index is 12.8. The van der Waals surface area contributed by atoms with Gasteiger partial charge in [0.2, 0.25) is 0 Å².